The van der Waals surface area contributed by atoms with Gasteiger partial charge in [0.1, 0.15) is 11.2 Å². The molecule has 0 aliphatic rings. The molecule has 43 heavy (non-hydrogen) atoms. The van der Waals surface area contributed by atoms with Crippen LogP contribution in [0.4, 0.5) is 0 Å². The molecule has 0 amide bonds. The summed E-state index contributed by atoms with van der Waals surface area (Å²) in [5.74, 6) is 0. The third-order valence-corrected chi connectivity index (χ3v) is 7.81. The van der Waals surface area contributed by atoms with E-state index >= 15 is 0 Å². The van der Waals surface area contributed by atoms with E-state index in [0.717, 1.165) is 0 Å². The molecule has 1 aromatic heterocycles. The van der Waals surface area contributed by atoms with Crippen LogP contribution in [0.2, 0.25) is 0 Å². The lowest BCUT2D eigenvalue weighted by Crippen LogP contribution is -1.91. The van der Waals surface area contributed by atoms with Crippen LogP contribution in [0.25, 0.3) is 87.6 Å². The lowest BCUT2D eigenvalue weighted by Gasteiger charge is -2.18. The monoisotopic (exact) mass is 559 g/mol. The maximum absolute atomic E-state index is 9.60. The van der Waals surface area contributed by atoms with Crippen molar-refractivity contribution in [2.24, 2.45) is 0 Å². The molecule has 0 saturated heterocycles. The van der Waals surface area contributed by atoms with Crippen LogP contribution in [0, 0.1) is 0 Å². The van der Waals surface area contributed by atoms with Crippen LogP contribution in [-0.4, -0.2) is 0 Å². The largest absolute Gasteiger partial charge is 0.455 e. The van der Waals surface area contributed by atoms with Crippen molar-refractivity contribution >= 4 is 54.3 Å². The highest BCUT2D eigenvalue weighted by molar-refractivity contribution is 6.22. The molecular weight excluding hydrogens is 520 g/mol. The van der Waals surface area contributed by atoms with Gasteiger partial charge in [0.05, 0.1) is 17.8 Å². The Hall–Kier alpha value is -5.66. The highest BCUT2D eigenvalue weighted by Crippen LogP contribution is 2.45. The van der Waals surface area contributed by atoms with Gasteiger partial charge < -0.3 is 4.42 Å². The van der Waals surface area contributed by atoms with Crippen molar-refractivity contribution in [1.29, 1.82) is 0 Å². The van der Waals surface area contributed by atoms with Crippen LogP contribution in [0.15, 0.2) is 162 Å². The van der Waals surface area contributed by atoms with E-state index in [1.807, 2.05) is 6.07 Å². The predicted octanol–water partition coefficient (Wildman–Crippen LogP) is 12.0. The zero-order valence-electron chi connectivity index (χ0n) is 35.4. The van der Waals surface area contributed by atoms with Crippen LogP contribution in [0.5, 0.6) is 0 Å². The second-order valence-electron chi connectivity index (χ2n) is 10.2. The predicted molar refractivity (Wildman–Crippen MR) is 183 cm³/mol. The Balaban J connectivity index is 1.44. The summed E-state index contributed by atoms with van der Waals surface area (Å²) < 4.78 is 122. The molecule has 0 spiro atoms. The summed E-state index contributed by atoms with van der Waals surface area (Å²) in [6.07, 6.45) is 0. The van der Waals surface area contributed by atoms with E-state index in [9.17, 15) is 5.48 Å². The minimum atomic E-state index is -0.577. The second kappa shape index (κ2) is 9.44. The van der Waals surface area contributed by atoms with Crippen molar-refractivity contribution in [2.45, 2.75) is 0 Å². The molecule has 9 rings (SSSR count). The first-order chi connectivity index (χ1) is 26.8. The zero-order valence-corrected chi connectivity index (χ0v) is 22.4. The minimum absolute atomic E-state index is 0.00852. The molecule has 0 aliphatic heterocycles. The van der Waals surface area contributed by atoms with Crippen molar-refractivity contribution in [3.05, 3.63) is 157 Å². The molecule has 0 unspecified atom stereocenters. The zero-order chi connectivity index (χ0) is 39.6. The van der Waals surface area contributed by atoms with Gasteiger partial charge >= 0.3 is 0 Å². The highest BCUT2D eigenvalue weighted by atomic mass is 16.3. The third kappa shape index (κ3) is 3.72. The van der Waals surface area contributed by atoms with Crippen LogP contribution in [0.1, 0.15) is 17.8 Å². The summed E-state index contributed by atoms with van der Waals surface area (Å²) in [5.41, 5.74) is 1.37. The Kier molecular flexibility index (Phi) is 3.18. The molecule has 0 saturated carbocycles. The average molecular weight is 560 g/mol. The van der Waals surface area contributed by atoms with Gasteiger partial charge in [0, 0.05) is 16.2 Å². The van der Waals surface area contributed by atoms with Crippen molar-refractivity contribution in [1.82, 2.24) is 0 Å². The van der Waals surface area contributed by atoms with Crippen molar-refractivity contribution in [3.8, 4) is 33.4 Å². The van der Waals surface area contributed by atoms with E-state index in [2.05, 4.69) is 0 Å². The lowest BCUT2D eigenvalue weighted by atomic mass is 9.85. The number of hydrogen-bond donors (Lipinski definition) is 0. The standard InChI is InChI=1S/C42H26O/c1-2-11-27(12-3-1)29-14-10-15-30(25-29)40-34-17-6-8-19-36(34)41(37-20-9-7-18-35(37)40)31-22-23-33-38-24-21-28-13-4-5-16-32(28)42(38)43-39(33)26-31/h1-26H/i4D,5D,10D,13D,14D,15D,16D,21D,22D,23D,24D,25D,26D. The van der Waals surface area contributed by atoms with E-state index < -0.39 is 42.3 Å². The molecule has 8 aromatic carbocycles. The van der Waals surface area contributed by atoms with E-state index in [1.54, 1.807) is 72.8 Å². The van der Waals surface area contributed by atoms with Crippen molar-refractivity contribution in [3.63, 3.8) is 0 Å². The SMILES string of the molecule is [2H]c1c([2H])c(-c2ccccc2)c([2H])c(-c2c3ccccc3c(-c3c([2H])c([2H])c4c(oc5c6c([2H])c([2H])c([2H])c([2H])c6c([2H])c([2H])c54)c3[2H])c3ccccc23)c1[2H]. The van der Waals surface area contributed by atoms with E-state index in [0.29, 0.717) is 38.2 Å². The smallest absolute Gasteiger partial charge is 0.143 e. The molecule has 1 nitrogen and oxygen atoms in total. The summed E-state index contributed by atoms with van der Waals surface area (Å²) in [6, 6.07) is 17.9. The van der Waals surface area contributed by atoms with Gasteiger partial charge in [-0.25, -0.2) is 0 Å². The number of hydrogen-bond acceptors (Lipinski definition) is 1. The summed E-state index contributed by atoms with van der Waals surface area (Å²) in [7, 11) is 0. The first kappa shape index (κ1) is 14.5. The van der Waals surface area contributed by atoms with Gasteiger partial charge in [-0.1, -0.05) is 133 Å². The van der Waals surface area contributed by atoms with Gasteiger partial charge in [-0.2, -0.15) is 0 Å². The highest BCUT2D eigenvalue weighted by Gasteiger charge is 2.18. The molecule has 0 N–H and O–H groups in total. The van der Waals surface area contributed by atoms with E-state index in [4.69, 9.17) is 16.8 Å². The van der Waals surface area contributed by atoms with Crippen LogP contribution in [-0.2, 0) is 0 Å². The van der Waals surface area contributed by atoms with Gasteiger partial charge in [-0.3, -0.25) is 0 Å². The van der Waals surface area contributed by atoms with Gasteiger partial charge in [-0.05, 0) is 84.5 Å². The molecule has 0 fully saturated rings. The quantitative estimate of drug-likeness (QED) is 0.196. The molecule has 1 heterocycles. The Labute approximate surface area is 267 Å². The van der Waals surface area contributed by atoms with Gasteiger partial charge in [0.25, 0.3) is 0 Å². The van der Waals surface area contributed by atoms with Gasteiger partial charge in [-0.15, -0.1) is 0 Å². The fourth-order valence-electron chi connectivity index (χ4n) is 5.92. The van der Waals surface area contributed by atoms with Crippen LogP contribution >= 0.6 is 0 Å². The molecule has 0 aliphatic carbocycles. The first-order valence-corrected chi connectivity index (χ1v) is 13.7. The van der Waals surface area contributed by atoms with Gasteiger partial charge in [0.2, 0.25) is 0 Å². The number of furan rings is 1. The molecule has 200 valence electrons. The third-order valence-electron chi connectivity index (χ3n) is 7.81. The van der Waals surface area contributed by atoms with Crippen molar-refractivity contribution in [2.75, 3.05) is 0 Å². The molecule has 0 bridgehead atoms. The number of fused-ring (bicyclic) bond motifs is 7. The maximum Gasteiger partial charge on any atom is 0.143 e. The number of benzene rings is 8. The Morgan fingerprint density at radius 1 is 0.395 bits per heavy atom. The molecular formula is C42H26O. The normalized spacial score (nSPS) is 16.0. The maximum atomic E-state index is 9.60. The van der Waals surface area contributed by atoms with Crippen LogP contribution < -0.4 is 0 Å². The van der Waals surface area contributed by atoms with E-state index in [1.165, 1.54) is 0 Å². The summed E-state index contributed by atoms with van der Waals surface area (Å²) in [6.45, 7) is 0. The Morgan fingerprint density at radius 3 is 1.72 bits per heavy atom. The summed E-state index contributed by atoms with van der Waals surface area (Å²) >= 11 is 0. The average Bonchev–Trinajstić information content (AvgIpc) is 3.61. The molecule has 9 aromatic rings. The summed E-state index contributed by atoms with van der Waals surface area (Å²) in [5, 5.41) is 1.50. The fourth-order valence-corrected chi connectivity index (χ4v) is 5.92. The second-order valence-corrected chi connectivity index (χ2v) is 10.2. The lowest BCUT2D eigenvalue weighted by molar-refractivity contribution is 0.673. The fraction of sp³-hybridized carbons (Fsp3) is 0. The number of rotatable bonds is 3. The Bertz CT molecular complexity index is 3170. The molecule has 0 radical (unpaired) electrons. The van der Waals surface area contributed by atoms with E-state index in [-0.39, 0.29) is 85.7 Å². The molecule has 1 heteroatoms. The van der Waals surface area contributed by atoms with Crippen molar-refractivity contribution < 1.29 is 22.2 Å². The minimum Gasteiger partial charge on any atom is -0.455 e. The first-order valence-electron chi connectivity index (χ1n) is 20.2. The molecule has 0 atom stereocenters. The van der Waals surface area contributed by atoms with Gasteiger partial charge in [0.15, 0.2) is 0 Å². The summed E-state index contributed by atoms with van der Waals surface area (Å²) in [4.78, 5) is 0. The van der Waals surface area contributed by atoms with Crippen LogP contribution in [0.3, 0.4) is 0 Å². The topological polar surface area (TPSA) is 13.1 Å². The Morgan fingerprint density at radius 2 is 1.00 bits per heavy atom.